The summed E-state index contributed by atoms with van der Waals surface area (Å²) in [6, 6.07) is 7.27. The maximum absolute atomic E-state index is 12.2. The summed E-state index contributed by atoms with van der Waals surface area (Å²) in [5, 5.41) is 5.86. The van der Waals surface area contributed by atoms with Gasteiger partial charge in [-0.05, 0) is 49.9 Å². The predicted molar refractivity (Wildman–Crippen MR) is 90.8 cm³/mol. The molecule has 2 saturated heterocycles. The minimum absolute atomic E-state index is 0.0200. The van der Waals surface area contributed by atoms with E-state index in [-0.39, 0.29) is 23.7 Å². The first-order chi connectivity index (χ1) is 11.7. The summed E-state index contributed by atoms with van der Waals surface area (Å²) in [4.78, 5) is 24.4. The van der Waals surface area contributed by atoms with Gasteiger partial charge < -0.3 is 20.1 Å². The van der Waals surface area contributed by atoms with Crippen molar-refractivity contribution in [1.29, 1.82) is 0 Å². The lowest BCUT2D eigenvalue weighted by Crippen LogP contribution is -2.29. The zero-order valence-corrected chi connectivity index (χ0v) is 13.8. The lowest BCUT2D eigenvalue weighted by atomic mass is 9.99. The number of carbonyl (C=O) groups excluding carboxylic acids is 2. The molecule has 2 amide bonds. The minimum Gasteiger partial charge on any atom is -0.381 e. The van der Waals surface area contributed by atoms with Crippen molar-refractivity contribution in [2.75, 3.05) is 37.1 Å². The standard InChI is InChI=1S/C18H24N2O4/c21-17(13-5-9-23-10-6-13)19-15-1-2-16(4-3-15)20-18(22)14-7-11-24-12-8-14/h1-4,13-14H,5-12H2,(H,19,21)(H,20,22). The van der Waals surface area contributed by atoms with Crippen LogP contribution in [-0.4, -0.2) is 38.2 Å². The molecule has 0 bridgehead atoms. The van der Waals surface area contributed by atoms with Gasteiger partial charge in [-0.2, -0.15) is 0 Å². The monoisotopic (exact) mass is 332 g/mol. The first kappa shape index (κ1) is 16.9. The van der Waals surface area contributed by atoms with E-state index in [2.05, 4.69) is 10.6 Å². The molecule has 0 spiro atoms. The zero-order valence-electron chi connectivity index (χ0n) is 13.8. The maximum atomic E-state index is 12.2. The fourth-order valence-corrected chi connectivity index (χ4v) is 3.05. The molecule has 24 heavy (non-hydrogen) atoms. The Morgan fingerprint density at radius 1 is 0.708 bits per heavy atom. The molecule has 0 aromatic heterocycles. The van der Waals surface area contributed by atoms with Gasteiger partial charge in [-0.15, -0.1) is 0 Å². The van der Waals surface area contributed by atoms with Crippen LogP contribution in [0.25, 0.3) is 0 Å². The first-order valence-electron chi connectivity index (χ1n) is 8.59. The number of ether oxygens (including phenoxy) is 2. The molecule has 0 saturated carbocycles. The van der Waals surface area contributed by atoms with Crippen molar-refractivity contribution in [3.05, 3.63) is 24.3 Å². The molecular weight excluding hydrogens is 308 g/mol. The van der Waals surface area contributed by atoms with Crippen LogP contribution in [0.15, 0.2) is 24.3 Å². The molecule has 130 valence electrons. The van der Waals surface area contributed by atoms with E-state index in [1.807, 2.05) is 24.3 Å². The van der Waals surface area contributed by atoms with Gasteiger partial charge in [-0.25, -0.2) is 0 Å². The average molecular weight is 332 g/mol. The third-order valence-corrected chi connectivity index (χ3v) is 4.60. The van der Waals surface area contributed by atoms with E-state index in [9.17, 15) is 9.59 Å². The van der Waals surface area contributed by atoms with Crippen molar-refractivity contribution >= 4 is 23.2 Å². The molecule has 0 radical (unpaired) electrons. The number of benzene rings is 1. The van der Waals surface area contributed by atoms with Gasteiger partial charge in [-0.1, -0.05) is 0 Å². The summed E-state index contributed by atoms with van der Waals surface area (Å²) >= 11 is 0. The molecule has 2 fully saturated rings. The average Bonchev–Trinajstić information content (AvgIpc) is 2.65. The van der Waals surface area contributed by atoms with E-state index in [1.165, 1.54) is 0 Å². The molecule has 6 nitrogen and oxygen atoms in total. The van der Waals surface area contributed by atoms with E-state index < -0.39 is 0 Å². The Morgan fingerprint density at radius 3 is 1.38 bits per heavy atom. The van der Waals surface area contributed by atoms with Crippen molar-refractivity contribution in [3.63, 3.8) is 0 Å². The number of hydrogen-bond donors (Lipinski definition) is 2. The molecule has 0 atom stereocenters. The Hall–Kier alpha value is -1.92. The van der Waals surface area contributed by atoms with E-state index in [0.717, 1.165) is 37.1 Å². The van der Waals surface area contributed by atoms with Gasteiger partial charge >= 0.3 is 0 Å². The SMILES string of the molecule is O=C(Nc1ccc(NC(=O)C2CCOCC2)cc1)C1CCOCC1. The fourth-order valence-electron chi connectivity index (χ4n) is 3.05. The number of hydrogen-bond acceptors (Lipinski definition) is 4. The number of nitrogens with one attached hydrogen (secondary N) is 2. The number of rotatable bonds is 4. The molecule has 0 unspecified atom stereocenters. The first-order valence-corrected chi connectivity index (χ1v) is 8.59. The third kappa shape index (κ3) is 4.55. The van der Waals surface area contributed by atoms with Crippen molar-refractivity contribution < 1.29 is 19.1 Å². The lowest BCUT2D eigenvalue weighted by molar-refractivity contribution is -0.123. The molecule has 2 heterocycles. The number of anilines is 2. The van der Waals surface area contributed by atoms with E-state index >= 15 is 0 Å². The highest BCUT2D eigenvalue weighted by atomic mass is 16.5. The van der Waals surface area contributed by atoms with Crippen molar-refractivity contribution in [2.24, 2.45) is 11.8 Å². The van der Waals surface area contributed by atoms with Crippen LogP contribution in [0.1, 0.15) is 25.7 Å². The van der Waals surface area contributed by atoms with Crippen LogP contribution in [0, 0.1) is 11.8 Å². The van der Waals surface area contributed by atoms with Crippen LogP contribution >= 0.6 is 0 Å². The number of carbonyl (C=O) groups is 2. The second kappa shape index (κ2) is 8.26. The van der Waals surface area contributed by atoms with Gasteiger partial charge in [0.1, 0.15) is 0 Å². The molecule has 2 N–H and O–H groups in total. The highest BCUT2D eigenvalue weighted by Gasteiger charge is 2.22. The van der Waals surface area contributed by atoms with Gasteiger partial charge in [0, 0.05) is 49.6 Å². The van der Waals surface area contributed by atoms with E-state index in [1.54, 1.807) is 0 Å². The van der Waals surface area contributed by atoms with Gasteiger partial charge in [0.25, 0.3) is 0 Å². The van der Waals surface area contributed by atoms with E-state index in [0.29, 0.717) is 26.4 Å². The fraction of sp³-hybridized carbons (Fsp3) is 0.556. The second-order valence-corrected chi connectivity index (χ2v) is 6.33. The van der Waals surface area contributed by atoms with Crippen molar-refractivity contribution in [2.45, 2.75) is 25.7 Å². The molecular formula is C18H24N2O4. The zero-order chi connectivity index (χ0) is 16.8. The van der Waals surface area contributed by atoms with Gasteiger partial charge in [0.05, 0.1) is 0 Å². The molecule has 6 heteroatoms. The van der Waals surface area contributed by atoms with Gasteiger partial charge in [-0.3, -0.25) is 9.59 Å². The third-order valence-electron chi connectivity index (χ3n) is 4.60. The quantitative estimate of drug-likeness (QED) is 0.888. The summed E-state index contributed by atoms with van der Waals surface area (Å²) < 4.78 is 10.5. The topological polar surface area (TPSA) is 76.7 Å². The summed E-state index contributed by atoms with van der Waals surface area (Å²) in [5.41, 5.74) is 1.49. The van der Waals surface area contributed by atoms with Crippen molar-refractivity contribution in [1.82, 2.24) is 0 Å². The smallest absolute Gasteiger partial charge is 0.227 e. The predicted octanol–water partition coefficient (Wildman–Crippen LogP) is 2.42. The molecule has 2 aliphatic heterocycles. The van der Waals surface area contributed by atoms with Crippen LogP contribution < -0.4 is 10.6 Å². The van der Waals surface area contributed by atoms with Crippen LogP contribution in [0.4, 0.5) is 11.4 Å². The molecule has 0 aliphatic carbocycles. The summed E-state index contributed by atoms with van der Waals surface area (Å²) in [6.45, 7) is 2.59. The minimum atomic E-state index is 0.0200. The van der Waals surface area contributed by atoms with Crippen molar-refractivity contribution in [3.8, 4) is 0 Å². The number of amides is 2. The Bertz CT molecular complexity index is 510. The van der Waals surface area contributed by atoms with Crippen LogP contribution in [0.2, 0.25) is 0 Å². The molecule has 3 rings (SSSR count). The summed E-state index contributed by atoms with van der Waals surface area (Å²) in [5.74, 6) is 0.118. The largest absolute Gasteiger partial charge is 0.381 e. The molecule has 2 aliphatic rings. The highest BCUT2D eigenvalue weighted by Crippen LogP contribution is 2.21. The second-order valence-electron chi connectivity index (χ2n) is 6.33. The van der Waals surface area contributed by atoms with E-state index in [4.69, 9.17) is 9.47 Å². The Balaban J connectivity index is 1.51. The Kier molecular flexibility index (Phi) is 5.82. The normalized spacial score (nSPS) is 19.7. The Labute approximate surface area is 141 Å². The Morgan fingerprint density at radius 2 is 1.04 bits per heavy atom. The summed E-state index contributed by atoms with van der Waals surface area (Å²) in [6.07, 6.45) is 3.08. The van der Waals surface area contributed by atoms with Crippen LogP contribution in [0.3, 0.4) is 0 Å². The van der Waals surface area contributed by atoms with Crippen LogP contribution in [0.5, 0.6) is 0 Å². The maximum Gasteiger partial charge on any atom is 0.227 e. The molecule has 1 aromatic carbocycles. The highest BCUT2D eigenvalue weighted by molar-refractivity contribution is 5.94. The van der Waals surface area contributed by atoms with Gasteiger partial charge in [0.2, 0.25) is 11.8 Å². The summed E-state index contributed by atoms with van der Waals surface area (Å²) in [7, 11) is 0. The van der Waals surface area contributed by atoms with Gasteiger partial charge in [0.15, 0.2) is 0 Å². The lowest BCUT2D eigenvalue weighted by Gasteiger charge is -2.22. The van der Waals surface area contributed by atoms with Crippen LogP contribution in [-0.2, 0) is 19.1 Å². The molecule has 1 aromatic rings.